The molecule has 3 aromatic rings. The number of hydrogen-bond donors (Lipinski definition) is 1. The first-order valence-electron chi connectivity index (χ1n) is 10.2. The second-order valence-electron chi connectivity index (χ2n) is 6.87. The predicted octanol–water partition coefficient (Wildman–Crippen LogP) is 5.64. The van der Waals surface area contributed by atoms with Crippen LogP contribution in [0.15, 0.2) is 78.4 Å². The molecule has 3 rings (SSSR count). The molecule has 0 aliphatic carbocycles. The largest absolute Gasteiger partial charge is 0.489 e. The molecular weight excluding hydrogens is 440 g/mol. The smallest absolute Gasteiger partial charge is 0.338 e. The van der Waals surface area contributed by atoms with E-state index in [1.807, 2.05) is 24.3 Å². The third kappa shape index (κ3) is 6.70. The number of nitriles is 1. The van der Waals surface area contributed by atoms with Gasteiger partial charge in [0.2, 0.25) is 0 Å². The van der Waals surface area contributed by atoms with Gasteiger partial charge in [-0.25, -0.2) is 4.79 Å². The summed E-state index contributed by atoms with van der Waals surface area (Å²) in [5.74, 6) is -0.357. The Morgan fingerprint density at radius 3 is 2.36 bits per heavy atom. The molecule has 0 radical (unpaired) electrons. The van der Waals surface area contributed by atoms with Gasteiger partial charge in [-0.3, -0.25) is 4.79 Å². The molecule has 0 heterocycles. The predicted molar refractivity (Wildman–Crippen MR) is 127 cm³/mol. The highest BCUT2D eigenvalue weighted by Crippen LogP contribution is 2.20. The zero-order valence-electron chi connectivity index (χ0n) is 17.9. The number of halogens is 1. The Hall–Kier alpha value is -4.08. The number of rotatable bonds is 8. The first kappa shape index (κ1) is 23.6. The lowest BCUT2D eigenvalue weighted by Gasteiger charge is -2.08. The van der Waals surface area contributed by atoms with Crippen LogP contribution in [0, 0.1) is 11.3 Å². The lowest BCUT2D eigenvalue weighted by molar-refractivity contribution is -0.112. The van der Waals surface area contributed by atoms with E-state index in [-0.39, 0.29) is 12.2 Å². The van der Waals surface area contributed by atoms with E-state index in [1.54, 1.807) is 61.5 Å². The maximum atomic E-state index is 12.5. The van der Waals surface area contributed by atoms with Crippen LogP contribution >= 0.6 is 11.6 Å². The van der Waals surface area contributed by atoms with Gasteiger partial charge in [0, 0.05) is 16.3 Å². The third-order valence-corrected chi connectivity index (χ3v) is 4.93. The summed E-state index contributed by atoms with van der Waals surface area (Å²) >= 11 is 6.13. The van der Waals surface area contributed by atoms with Crippen molar-refractivity contribution in [2.75, 3.05) is 11.9 Å². The standard InChI is InChI=1S/C26H21ClN2O4/c1-2-32-26(31)19-9-11-22(12-10-19)29-25(30)21(16-28)15-18-7-13-23(14-8-18)33-17-20-5-3-4-6-24(20)27/h3-15H,2,17H2,1H3,(H,29,30)/b21-15-. The Balaban J connectivity index is 1.62. The zero-order chi connectivity index (χ0) is 23.6. The van der Waals surface area contributed by atoms with E-state index >= 15 is 0 Å². The van der Waals surface area contributed by atoms with Gasteiger partial charge in [0.25, 0.3) is 5.91 Å². The second kappa shape index (κ2) is 11.5. The minimum atomic E-state index is -0.555. The number of carbonyl (C=O) groups is 2. The summed E-state index contributed by atoms with van der Waals surface area (Å²) in [5.41, 5.74) is 2.32. The summed E-state index contributed by atoms with van der Waals surface area (Å²) in [6, 6.07) is 22.6. The molecule has 0 aliphatic heterocycles. The van der Waals surface area contributed by atoms with E-state index in [0.29, 0.717) is 34.2 Å². The average Bonchev–Trinajstić information content (AvgIpc) is 2.83. The molecule has 1 N–H and O–H groups in total. The number of esters is 1. The summed E-state index contributed by atoms with van der Waals surface area (Å²) in [5, 5.41) is 12.7. The van der Waals surface area contributed by atoms with Crippen LogP contribution in [0.25, 0.3) is 6.08 Å². The molecule has 0 saturated heterocycles. The maximum absolute atomic E-state index is 12.5. The van der Waals surface area contributed by atoms with Crippen molar-refractivity contribution in [2.24, 2.45) is 0 Å². The van der Waals surface area contributed by atoms with Crippen molar-refractivity contribution in [3.63, 3.8) is 0 Å². The Morgan fingerprint density at radius 2 is 1.73 bits per heavy atom. The number of hydrogen-bond acceptors (Lipinski definition) is 5. The number of ether oxygens (including phenoxy) is 2. The molecular formula is C26H21ClN2O4. The summed E-state index contributed by atoms with van der Waals surface area (Å²) in [4.78, 5) is 24.2. The van der Waals surface area contributed by atoms with Crippen molar-refractivity contribution >= 4 is 35.2 Å². The highest BCUT2D eigenvalue weighted by atomic mass is 35.5. The normalized spacial score (nSPS) is 10.8. The van der Waals surface area contributed by atoms with E-state index in [4.69, 9.17) is 21.1 Å². The van der Waals surface area contributed by atoms with Gasteiger partial charge in [0.15, 0.2) is 0 Å². The Labute approximate surface area is 197 Å². The maximum Gasteiger partial charge on any atom is 0.338 e. The lowest BCUT2D eigenvalue weighted by Crippen LogP contribution is -2.13. The van der Waals surface area contributed by atoms with E-state index in [1.165, 1.54) is 6.08 Å². The molecule has 0 fully saturated rings. The molecule has 0 unspecified atom stereocenters. The first-order chi connectivity index (χ1) is 16.0. The molecule has 0 aromatic heterocycles. The van der Waals surface area contributed by atoms with Crippen LogP contribution in [0.4, 0.5) is 5.69 Å². The SMILES string of the molecule is CCOC(=O)c1ccc(NC(=O)/C(C#N)=C\c2ccc(OCc3ccccc3Cl)cc2)cc1. The fourth-order valence-corrected chi connectivity index (χ4v) is 3.04. The van der Waals surface area contributed by atoms with Crippen molar-refractivity contribution in [2.45, 2.75) is 13.5 Å². The van der Waals surface area contributed by atoms with Gasteiger partial charge in [-0.1, -0.05) is 41.9 Å². The van der Waals surface area contributed by atoms with Crippen LogP contribution in [-0.2, 0) is 16.1 Å². The highest BCUT2D eigenvalue weighted by Gasteiger charge is 2.11. The number of amides is 1. The average molecular weight is 461 g/mol. The molecule has 6 nitrogen and oxygen atoms in total. The summed E-state index contributed by atoms with van der Waals surface area (Å²) < 4.78 is 10.7. The lowest BCUT2D eigenvalue weighted by atomic mass is 10.1. The fourth-order valence-electron chi connectivity index (χ4n) is 2.85. The third-order valence-electron chi connectivity index (χ3n) is 4.56. The van der Waals surface area contributed by atoms with Gasteiger partial charge >= 0.3 is 5.97 Å². The number of benzene rings is 3. The summed E-state index contributed by atoms with van der Waals surface area (Å²) in [6.45, 7) is 2.33. The van der Waals surface area contributed by atoms with Crippen LogP contribution < -0.4 is 10.1 Å². The zero-order valence-corrected chi connectivity index (χ0v) is 18.6. The van der Waals surface area contributed by atoms with Crippen LogP contribution in [0.1, 0.15) is 28.4 Å². The molecule has 0 spiro atoms. The van der Waals surface area contributed by atoms with Crippen LogP contribution in [0.2, 0.25) is 5.02 Å². The van der Waals surface area contributed by atoms with Crippen molar-refractivity contribution in [3.05, 3.63) is 100 Å². The van der Waals surface area contributed by atoms with Gasteiger partial charge in [0.05, 0.1) is 12.2 Å². The molecule has 3 aromatic carbocycles. The Bertz CT molecular complexity index is 1200. The van der Waals surface area contributed by atoms with Gasteiger partial charge in [0.1, 0.15) is 24.0 Å². The molecule has 33 heavy (non-hydrogen) atoms. The van der Waals surface area contributed by atoms with Crippen LogP contribution in [0.3, 0.4) is 0 Å². The monoisotopic (exact) mass is 460 g/mol. The molecule has 166 valence electrons. The number of carbonyl (C=O) groups excluding carboxylic acids is 2. The number of nitrogens with one attached hydrogen (secondary N) is 1. The molecule has 1 amide bonds. The van der Waals surface area contributed by atoms with Gasteiger partial charge < -0.3 is 14.8 Å². The van der Waals surface area contributed by atoms with E-state index < -0.39 is 11.9 Å². The molecule has 0 aliphatic rings. The molecule has 0 saturated carbocycles. The first-order valence-corrected chi connectivity index (χ1v) is 10.5. The quantitative estimate of drug-likeness (QED) is 0.267. The Kier molecular flexibility index (Phi) is 8.23. The number of anilines is 1. The van der Waals surface area contributed by atoms with E-state index in [9.17, 15) is 14.9 Å². The fraction of sp³-hybridized carbons (Fsp3) is 0.115. The minimum Gasteiger partial charge on any atom is -0.489 e. The molecule has 7 heteroatoms. The van der Waals surface area contributed by atoms with E-state index in [0.717, 1.165) is 5.56 Å². The number of nitrogens with zero attached hydrogens (tertiary/aromatic N) is 1. The topological polar surface area (TPSA) is 88.4 Å². The molecule has 0 atom stereocenters. The van der Waals surface area contributed by atoms with E-state index in [2.05, 4.69) is 5.32 Å². The van der Waals surface area contributed by atoms with Crippen LogP contribution in [-0.4, -0.2) is 18.5 Å². The molecule has 0 bridgehead atoms. The Morgan fingerprint density at radius 1 is 1.03 bits per heavy atom. The van der Waals surface area contributed by atoms with Crippen molar-refractivity contribution < 1.29 is 19.1 Å². The van der Waals surface area contributed by atoms with Crippen LogP contribution in [0.5, 0.6) is 5.75 Å². The van der Waals surface area contributed by atoms with Gasteiger partial charge in [-0.05, 0) is 61.0 Å². The van der Waals surface area contributed by atoms with Crippen molar-refractivity contribution in [3.8, 4) is 11.8 Å². The highest BCUT2D eigenvalue weighted by molar-refractivity contribution is 6.31. The summed E-state index contributed by atoms with van der Waals surface area (Å²) in [6.07, 6.45) is 1.49. The van der Waals surface area contributed by atoms with Crippen molar-refractivity contribution in [1.82, 2.24) is 0 Å². The van der Waals surface area contributed by atoms with Crippen molar-refractivity contribution in [1.29, 1.82) is 5.26 Å². The summed E-state index contributed by atoms with van der Waals surface area (Å²) in [7, 11) is 0. The minimum absolute atomic E-state index is 0.0609. The van der Waals surface area contributed by atoms with Gasteiger partial charge in [-0.15, -0.1) is 0 Å². The van der Waals surface area contributed by atoms with Gasteiger partial charge in [-0.2, -0.15) is 5.26 Å². The second-order valence-corrected chi connectivity index (χ2v) is 7.28.